The van der Waals surface area contributed by atoms with Gasteiger partial charge in [0.05, 0.1) is 25.3 Å². The van der Waals surface area contributed by atoms with E-state index in [4.69, 9.17) is 14.7 Å². The minimum absolute atomic E-state index is 0.124. The molecule has 0 spiro atoms. The summed E-state index contributed by atoms with van der Waals surface area (Å²) in [6.07, 6.45) is 1.79. The molecular weight excluding hydrogens is 230 g/mol. The third-order valence-corrected chi connectivity index (χ3v) is 3.71. The van der Waals surface area contributed by atoms with Crippen LogP contribution in [-0.4, -0.2) is 42.1 Å². The lowest BCUT2D eigenvalue weighted by molar-refractivity contribution is -0.230. The average Bonchev–Trinajstić information content (AvgIpc) is 2.85. The van der Waals surface area contributed by atoms with Crippen LogP contribution in [0.4, 0.5) is 0 Å². The Kier molecular flexibility index (Phi) is 3.61. The van der Waals surface area contributed by atoms with E-state index in [1.54, 1.807) is 0 Å². The molecule has 2 aliphatic heterocycles. The Morgan fingerprint density at radius 3 is 2.83 bits per heavy atom. The number of benzene rings is 1. The Labute approximate surface area is 107 Å². The summed E-state index contributed by atoms with van der Waals surface area (Å²) < 4.78 is 5.60. The molecule has 0 radical (unpaired) electrons. The molecule has 98 valence electrons. The van der Waals surface area contributed by atoms with Crippen LogP contribution in [0.5, 0.6) is 0 Å². The first-order chi connectivity index (χ1) is 8.88. The molecule has 2 saturated heterocycles. The van der Waals surface area contributed by atoms with Crippen molar-refractivity contribution in [3.8, 4) is 0 Å². The zero-order valence-corrected chi connectivity index (χ0v) is 10.4. The van der Waals surface area contributed by atoms with Crippen molar-refractivity contribution in [1.29, 1.82) is 0 Å². The van der Waals surface area contributed by atoms with Gasteiger partial charge in [-0.25, -0.2) is 0 Å². The zero-order valence-electron chi connectivity index (χ0n) is 10.4. The van der Waals surface area contributed by atoms with Crippen LogP contribution >= 0.6 is 0 Å². The molecule has 1 aromatic carbocycles. The number of hydrogen-bond donors (Lipinski definition) is 1. The monoisotopic (exact) mass is 249 g/mol. The second-order valence-electron chi connectivity index (χ2n) is 4.96. The first kappa shape index (κ1) is 12.1. The van der Waals surface area contributed by atoms with Crippen LogP contribution in [0.1, 0.15) is 24.5 Å². The molecule has 1 aromatic rings. The molecule has 2 heterocycles. The van der Waals surface area contributed by atoms with Crippen LogP contribution in [0.2, 0.25) is 0 Å². The van der Waals surface area contributed by atoms with E-state index in [0.29, 0.717) is 19.1 Å². The van der Waals surface area contributed by atoms with Crippen LogP contribution in [0.15, 0.2) is 30.3 Å². The zero-order chi connectivity index (χ0) is 12.4. The summed E-state index contributed by atoms with van der Waals surface area (Å²) in [5.41, 5.74) is 1.22. The average molecular weight is 249 g/mol. The molecule has 0 unspecified atom stereocenters. The van der Waals surface area contributed by atoms with E-state index < -0.39 is 0 Å². The van der Waals surface area contributed by atoms with Crippen LogP contribution in [0.3, 0.4) is 0 Å². The van der Waals surface area contributed by atoms with E-state index in [9.17, 15) is 0 Å². The number of hydrogen-bond acceptors (Lipinski definition) is 4. The molecule has 4 nitrogen and oxygen atoms in total. The van der Waals surface area contributed by atoms with Gasteiger partial charge in [0.1, 0.15) is 6.10 Å². The maximum absolute atomic E-state index is 9.08. The van der Waals surface area contributed by atoms with Crippen molar-refractivity contribution in [2.75, 3.05) is 19.8 Å². The number of aliphatic hydroxyl groups is 1. The lowest BCUT2D eigenvalue weighted by atomic mass is 10.0. The molecule has 0 bridgehead atoms. The highest BCUT2D eigenvalue weighted by molar-refractivity contribution is 5.18. The van der Waals surface area contributed by atoms with Crippen molar-refractivity contribution >= 4 is 0 Å². The van der Waals surface area contributed by atoms with E-state index in [-0.39, 0.29) is 18.8 Å². The van der Waals surface area contributed by atoms with Gasteiger partial charge in [-0.3, -0.25) is 4.84 Å². The summed E-state index contributed by atoms with van der Waals surface area (Å²) in [6.45, 7) is 1.56. The van der Waals surface area contributed by atoms with E-state index >= 15 is 0 Å². The minimum atomic E-state index is 0.124. The molecule has 2 fully saturated rings. The summed E-state index contributed by atoms with van der Waals surface area (Å²) >= 11 is 0. The SMILES string of the molecule is OCC[C@@H]1COC[C@H]2C[C@H](c3ccccc3)ON12. The summed E-state index contributed by atoms with van der Waals surface area (Å²) in [6, 6.07) is 10.8. The summed E-state index contributed by atoms with van der Waals surface area (Å²) in [5, 5.41) is 11.1. The fourth-order valence-corrected chi connectivity index (χ4v) is 2.79. The highest BCUT2D eigenvalue weighted by Crippen LogP contribution is 2.36. The van der Waals surface area contributed by atoms with E-state index in [1.807, 2.05) is 18.2 Å². The molecule has 0 aliphatic carbocycles. The van der Waals surface area contributed by atoms with Gasteiger partial charge in [-0.2, -0.15) is 5.06 Å². The Hall–Kier alpha value is -0.940. The van der Waals surface area contributed by atoms with Crippen molar-refractivity contribution in [3.63, 3.8) is 0 Å². The van der Waals surface area contributed by atoms with Crippen LogP contribution < -0.4 is 0 Å². The fraction of sp³-hybridized carbons (Fsp3) is 0.571. The van der Waals surface area contributed by atoms with Gasteiger partial charge in [0.25, 0.3) is 0 Å². The smallest absolute Gasteiger partial charge is 0.106 e. The van der Waals surface area contributed by atoms with Crippen LogP contribution in [-0.2, 0) is 9.57 Å². The van der Waals surface area contributed by atoms with E-state index in [1.165, 1.54) is 5.56 Å². The predicted octanol–water partition coefficient (Wildman–Crippen LogP) is 1.51. The summed E-state index contributed by atoms with van der Waals surface area (Å²) in [4.78, 5) is 6.06. The topological polar surface area (TPSA) is 41.9 Å². The van der Waals surface area contributed by atoms with Gasteiger partial charge in [-0.1, -0.05) is 30.3 Å². The predicted molar refractivity (Wildman–Crippen MR) is 66.8 cm³/mol. The maximum Gasteiger partial charge on any atom is 0.106 e. The standard InChI is InChI=1S/C14H19NO3/c16-7-6-12-9-17-10-13-8-14(18-15(12)13)11-4-2-1-3-5-11/h1-5,12-14,16H,6-10H2/t12-,13-,14-/m1/s1. The van der Waals surface area contributed by atoms with Gasteiger partial charge < -0.3 is 9.84 Å². The number of aliphatic hydroxyl groups excluding tert-OH is 1. The van der Waals surface area contributed by atoms with Crippen molar-refractivity contribution in [2.45, 2.75) is 31.0 Å². The molecule has 4 heteroatoms. The molecule has 3 atom stereocenters. The van der Waals surface area contributed by atoms with Crippen molar-refractivity contribution in [2.24, 2.45) is 0 Å². The molecular formula is C14H19NO3. The Balaban J connectivity index is 1.72. The maximum atomic E-state index is 9.08. The normalized spacial score (nSPS) is 32.4. The Bertz CT molecular complexity index is 382. The summed E-state index contributed by atoms with van der Waals surface area (Å²) in [5.74, 6) is 0. The van der Waals surface area contributed by atoms with Crippen LogP contribution in [0, 0.1) is 0 Å². The first-order valence-electron chi connectivity index (χ1n) is 6.57. The number of nitrogens with zero attached hydrogens (tertiary/aromatic N) is 1. The highest BCUT2D eigenvalue weighted by atomic mass is 16.7. The molecule has 0 saturated carbocycles. The molecule has 2 aliphatic rings. The number of ether oxygens (including phenoxy) is 1. The Morgan fingerprint density at radius 2 is 2.06 bits per heavy atom. The number of morpholine rings is 1. The Morgan fingerprint density at radius 1 is 1.22 bits per heavy atom. The van der Waals surface area contributed by atoms with Crippen molar-refractivity contribution < 1.29 is 14.7 Å². The second kappa shape index (κ2) is 5.36. The third-order valence-electron chi connectivity index (χ3n) is 3.71. The van der Waals surface area contributed by atoms with E-state index in [0.717, 1.165) is 13.0 Å². The summed E-state index contributed by atoms with van der Waals surface area (Å²) in [7, 11) is 0. The molecule has 1 N–H and O–H groups in total. The third kappa shape index (κ3) is 2.29. The van der Waals surface area contributed by atoms with Gasteiger partial charge >= 0.3 is 0 Å². The van der Waals surface area contributed by atoms with Gasteiger partial charge in [-0.15, -0.1) is 0 Å². The van der Waals surface area contributed by atoms with Gasteiger partial charge in [0.2, 0.25) is 0 Å². The highest BCUT2D eigenvalue weighted by Gasteiger charge is 2.41. The second-order valence-corrected chi connectivity index (χ2v) is 4.96. The van der Waals surface area contributed by atoms with E-state index in [2.05, 4.69) is 17.2 Å². The number of rotatable bonds is 3. The molecule has 0 aromatic heterocycles. The van der Waals surface area contributed by atoms with Crippen molar-refractivity contribution in [1.82, 2.24) is 5.06 Å². The fourth-order valence-electron chi connectivity index (χ4n) is 2.79. The first-order valence-corrected chi connectivity index (χ1v) is 6.57. The molecule has 0 amide bonds. The number of fused-ring (bicyclic) bond motifs is 1. The lowest BCUT2D eigenvalue weighted by Crippen LogP contribution is -2.48. The molecule has 18 heavy (non-hydrogen) atoms. The molecule has 3 rings (SSSR count). The van der Waals surface area contributed by atoms with Crippen molar-refractivity contribution in [3.05, 3.63) is 35.9 Å². The lowest BCUT2D eigenvalue weighted by Gasteiger charge is -2.35. The quantitative estimate of drug-likeness (QED) is 0.882. The van der Waals surface area contributed by atoms with Gasteiger partial charge in [0.15, 0.2) is 0 Å². The number of hydroxylamine groups is 2. The largest absolute Gasteiger partial charge is 0.396 e. The van der Waals surface area contributed by atoms with Gasteiger partial charge in [0, 0.05) is 6.61 Å². The van der Waals surface area contributed by atoms with Crippen LogP contribution in [0.25, 0.3) is 0 Å². The minimum Gasteiger partial charge on any atom is -0.396 e. The van der Waals surface area contributed by atoms with Gasteiger partial charge in [-0.05, 0) is 18.4 Å².